The fourth-order valence-corrected chi connectivity index (χ4v) is 2.91. The van der Waals surface area contributed by atoms with E-state index in [1.165, 1.54) is 6.07 Å². The number of hydrogen-bond donors (Lipinski definition) is 1. The van der Waals surface area contributed by atoms with E-state index in [9.17, 15) is 14.3 Å². The predicted octanol–water partition coefficient (Wildman–Crippen LogP) is 2.95. The van der Waals surface area contributed by atoms with Gasteiger partial charge in [0.1, 0.15) is 11.6 Å². The van der Waals surface area contributed by atoms with Crippen molar-refractivity contribution in [2.24, 2.45) is 5.92 Å². The zero-order valence-corrected chi connectivity index (χ0v) is 12.1. The van der Waals surface area contributed by atoms with E-state index in [1.807, 2.05) is 11.5 Å². The van der Waals surface area contributed by atoms with Gasteiger partial charge in [-0.1, -0.05) is 0 Å². The topological polar surface area (TPSA) is 55.1 Å². The van der Waals surface area contributed by atoms with Crippen molar-refractivity contribution in [2.45, 2.75) is 33.2 Å². The summed E-state index contributed by atoms with van der Waals surface area (Å²) in [5.41, 5.74) is 3.22. The Kier molecular flexibility index (Phi) is 3.27. The molecule has 1 aromatic carbocycles. The van der Waals surface area contributed by atoms with E-state index in [1.54, 1.807) is 19.1 Å². The van der Waals surface area contributed by atoms with Gasteiger partial charge in [-0.05, 0) is 44.0 Å². The Morgan fingerprint density at radius 3 is 2.86 bits per heavy atom. The van der Waals surface area contributed by atoms with Crippen molar-refractivity contribution in [2.75, 3.05) is 0 Å². The fraction of sp³-hybridized carbons (Fsp3) is 0.375. The number of aryl methyl sites for hydroxylation is 2. The van der Waals surface area contributed by atoms with Crippen LogP contribution in [-0.4, -0.2) is 20.6 Å². The monoisotopic (exact) mass is 288 g/mol. The number of carboxylic acids is 1. The van der Waals surface area contributed by atoms with Gasteiger partial charge in [0.25, 0.3) is 0 Å². The summed E-state index contributed by atoms with van der Waals surface area (Å²) in [4.78, 5) is 15.8. The molecule has 1 aliphatic rings. The van der Waals surface area contributed by atoms with Crippen molar-refractivity contribution < 1.29 is 14.3 Å². The van der Waals surface area contributed by atoms with Crippen LogP contribution < -0.4 is 0 Å². The summed E-state index contributed by atoms with van der Waals surface area (Å²) < 4.78 is 15.4. The van der Waals surface area contributed by atoms with Gasteiger partial charge < -0.3 is 9.67 Å². The molecule has 0 fully saturated rings. The number of benzene rings is 1. The number of hydrogen-bond acceptors (Lipinski definition) is 2. The van der Waals surface area contributed by atoms with Crippen LogP contribution in [0.4, 0.5) is 4.39 Å². The van der Waals surface area contributed by atoms with Crippen LogP contribution in [-0.2, 0) is 17.8 Å². The molecule has 0 saturated heterocycles. The van der Waals surface area contributed by atoms with Gasteiger partial charge in [-0.25, -0.2) is 9.37 Å². The molecule has 0 amide bonds. The van der Waals surface area contributed by atoms with E-state index in [0.29, 0.717) is 24.9 Å². The minimum absolute atomic E-state index is 0.230. The van der Waals surface area contributed by atoms with Gasteiger partial charge in [0.2, 0.25) is 0 Å². The van der Waals surface area contributed by atoms with Crippen molar-refractivity contribution in [1.29, 1.82) is 0 Å². The second-order valence-corrected chi connectivity index (χ2v) is 5.61. The number of imidazole rings is 1. The highest BCUT2D eigenvalue weighted by Gasteiger charge is 2.27. The average Bonchev–Trinajstić information content (AvgIpc) is 2.79. The second-order valence-electron chi connectivity index (χ2n) is 5.61. The van der Waals surface area contributed by atoms with Gasteiger partial charge in [0.05, 0.1) is 11.6 Å². The first kappa shape index (κ1) is 13.8. The summed E-state index contributed by atoms with van der Waals surface area (Å²) in [6, 6.07) is 4.95. The zero-order chi connectivity index (χ0) is 15.1. The number of aromatic nitrogens is 2. The molecule has 1 aromatic heterocycles. The molecule has 0 spiro atoms. The van der Waals surface area contributed by atoms with Crippen molar-refractivity contribution in [3.8, 4) is 11.3 Å². The lowest BCUT2D eigenvalue weighted by molar-refractivity contribution is -0.142. The summed E-state index contributed by atoms with van der Waals surface area (Å²) >= 11 is 0. The van der Waals surface area contributed by atoms with Crippen LogP contribution >= 0.6 is 0 Å². The largest absolute Gasteiger partial charge is 0.481 e. The van der Waals surface area contributed by atoms with E-state index < -0.39 is 5.97 Å². The molecule has 0 aliphatic carbocycles. The average molecular weight is 288 g/mol. The van der Waals surface area contributed by atoms with Crippen molar-refractivity contribution in [1.82, 2.24) is 9.55 Å². The molecule has 1 N–H and O–H groups in total. The molecular formula is C16H17FN2O2. The minimum Gasteiger partial charge on any atom is -0.481 e. The van der Waals surface area contributed by atoms with Gasteiger partial charge in [0.15, 0.2) is 0 Å². The number of aliphatic carboxylic acids is 1. The predicted molar refractivity (Wildman–Crippen MR) is 76.5 cm³/mol. The third-order valence-corrected chi connectivity index (χ3v) is 4.20. The Morgan fingerprint density at radius 1 is 1.43 bits per heavy atom. The van der Waals surface area contributed by atoms with Gasteiger partial charge in [0, 0.05) is 24.2 Å². The highest BCUT2D eigenvalue weighted by atomic mass is 19.1. The minimum atomic E-state index is -0.757. The van der Waals surface area contributed by atoms with Crippen LogP contribution in [0.2, 0.25) is 0 Å². The molecule has 1 atom stereocenters. The summed E-state index contributed by atoms with van der Waals surface area (Å²) in [5, 5.41) is 9.17. The Labute approximate surface area is 122 Å². The molecule has 2 aromatic rings. The molecule has 1 aliphatic heterocycles. The molecule has 21 heavy (non-hydrogen) atoms. The molecule has 4 nitrogen and oxygen atoms in total. The lowest BCUT2D eigenvalue weighted by Gasteiger charge is -2.21. The highest BCUT2D eigenvalue weighted by molar-refractivity contribution is 5.70. The molecule has 0 radical (unpaired) electrons. The maximum absolute atomic E-state index is 13.4. The Morgan fingerprint density at radius 2 is 2.19 bits per heavy atom. The number of halogens is 1. The quantitative estimate of drug-likeness (QED) is 0.924. The lowest BCUT2D eigenvalue weighted by atomic mass is 9.99. The number of rotatable bonds is 2. The van der Waals surface area contributed by atoms with Crippen LogP contribution in [0.15, 0.2) is 18.2 Å². The maximum Gasteiger partial charge on any atom is 0.308 e. The van der Waals surface area contributed by atoms with Crippen LogP contribution in [0.5, 0.6) is 0 Å². The summed E-state index contributed by atoms with van der Waals surface area (Å²) in [6.07, 6.45) is 1.28. The smallest absolute Gasteiger partial charge is 0.308 e. The fourth-order valence-electron chi connectivity index (χ4n) is 2.91. The number of carboxylic acid groups (broad SMARTS) is 1. The molecule has 0 bridgehead atoms. The van der Waals surface area contributed by atoms with Crippen LogP contribution in [0.3, 0.4) is 0 Å². The summed E-state index contributed by atoms with van der Waals surface area (Å²) in [7, 11) is 0. The number of carbonyl (C=O) groups is 1. The molecule has 0 saturated carbocycles. The standard InChI is InChI=1S/C16H17FN2O2/c1-9-7-11(3-5-13(9)17)15-10(2)19-8-12(16(20)21)4-6-14(19)18-15/h3,5,7,12H,4,6,8H2,1-2H3,(H,20,21). The second kappa shape index (κ2) is 4.98. The first-order valence-electron chi connectivity index (χ1n) is 7.02. The van der Waals surface area contributed by atoms with Gasteiger partial charge in [-0.2, -0.15) is 0 Å². The van der Waals surface area contributed by atoms with Crippen molar-refractivity contribution in [3.05, 3.63) is 41.1 Å². The van der Waals surface area contributed by atoms with E-state index in [0.717, 1.165) is 22.8 Å². The van der Waals surface area contributed by atoms with Crippen molar-refractivity contribution >= 4 is 5.97 Å². The van der Waals surface area contributed by atoms with E-state index in [-0.39, 0.29) is 11.7 Å². The third kappa shape index (κ3) is 2.33. The summed E-state index contributed by atoms with van der Waals surface area (Å²) in [6.45, 7) is 4.13. The first-order chi connectivity index (χ1) is 9.97. The van der Waals surface area contributed by atoms with Crippen LogP contribution in [0, 0.1) is 25.6 Å². The molecule has 1 unspecified atom stereocenters. The number of fused-ring (bicyclic) bond motifs is 1. The summed E-state index contributed by atoms with van der Waals surface area (Å²) in [5.74, 6) is -0.422. The number of nitrogens with zero attached hydrogens (tertiary/aromatic N) is 2. The molecular weight excluding hydrogens is 271 g/mol. The van der Waals surface area contributed by atoms with E-state index in [2.05, 4.69) is 4.98 Å². The SMILES string of the molecule is Cc1cc(-c2nc3n(c2C)CC(C(=O)O)CC3)ccc1F. The molecule has 110 valence electrons. The molecule has 2 heterocycles. The van der Waals surface area contributed by atoms with E-state index >= 15 is 0 Å². The van der Waals surface area contributed by atoms with Gasteiger partial charge in [-0.3, -0.25) is 4.79 Å². The Hall–Kier alpha value is -2.17. The van der Waals surface area contributed by atoms with E-state index in [4.69, 9.17) is 0 Å². The van der Waals surface area contributed by atoms with Gasteiger partial charge >= 0.3 is 5.97 Å². The van der Waals surface area contributed by atoms with Crippen LogP contribution in [0.1, 0.15) is 23.5 Å². The van der Waals surface area contributed by atoms with Crippen LogP contribution in [0.25, 0.3) is 11.3 Å². The molecule has 5 heteroatoms. The molecule has 3 rings (SSSR count). The maximum atomic E-state index is 13.4. The lowest BCUT2D eigenvalue weighted by Crippen LogP contribution is -2.27. The highest BCUT2D eigenvalue weighted by Crippen LogP contribution is 2.29. The normalized spacial score (nSPS) is 17.6. The Bertz CT molecular complexity index is 721. The zero-order valence-electron chi connectivity index (χ0n) is 12.1. The van der Waals surface area contributed by atoms with Crippen molar-refractivity contribution in [3.63, 3.8) is 0 Å². The van der Waals surface area contributed by atoms with Gasteiger partial charge in [-0.15, -0.1) is 0 Å². The Balaban J connectivity index is 2.03. The first-order valence-corrected chi connectivity index (χ1v) is 7.02. The third-order valence-electron chi connectivity index (χ3n) is 4.20.